The normalized spacial score (nSPS) is 27.4. The molecule has 180 valence electrons. The van der Waals surface area contributed by atoms with Crippen LogP contribution in [0.3, 0.4) is 0 Å². The Bertz CT molecular complexity index is 1140. The maximum Gasteiger partial charge on any atom is 0.414 e. The number of fused-ring (bicyclic) bond motifs is 4. The van der Waals surface area contributed by atoms with Crippen LogP contribution in [0.1, 0.15) is 49.9 Å². The predicted molar refractivity (Wildman–Crippen MR) is 130 cm³/mol. The van der Waals surface area contributed by atoms with Gasteiger partial charge in [0.05, 0.1) is 17.5 Å². The minimum absolute atomic E-state index is 0.208. The number of aromatic nitrogens is 2. The summed E-state index contributed by atoms with van der Waals surface area (Å²) in [5.74, 6) is 2.00. The van der Waals surface area contributed by atoms with Gasteiger partial charge in [-0.1, -0.05) is 0 Å². The second-order valence-electron chi connectivity index (χ2n) is 11.1. The number of amides is 1. The Hall–Kier alpha value is -2.71. The second kappa shape index (κ2) is 7.65. The molecule has 1 aromatic carbocycles. The Kier molecular flexibility index (Phi) is 4.90. The summed E-state index contributed by atoms with van der Waals surface area (Å²) in [5.41, 5.74) is 5.11. The van der Waals surface area contributed by atoms with Crippen LogP contribution in [-0.2, 0) is 22.3 Å². The van der Waals surface area contributed by atoms with Gasteiger partial charge < -0.3 is 20.1 Å². The summed E-state index contributed by atoms with van der Waals surface area (Å²) in [6, 6.07) is 6.16. The molecule has 2 aliphatic heterocycles. The summed E-state index contributed by atoms with van der Waals surface area (Å²) in [6.45, 7) is 8.45. The number of carbonyl (C=O) groups excluding carboxylic acids is 1. The van der Waals surface area contributed by atoms with Gasteiger partial charge in [-0.15, -0.1) is 0 Å². The van der Waals surface area contributed by atoms with E-state index in [2.05, 4.69) is 26.7 Å². The first-order chi connectivity index (χ1) is 16.3. The van der Waals surface area contributed by atoms with Crippen molar-refractivity contribution in [2.24, 2.45) is 11.3 Å². The first kappa shape index (κ1) is 21.8. The summed E-state index contributed by atoms with van der Waals surface area (Å²) in [6.07, 6.45) is 4.37. The first-order valence-corrected chi connectivity index (χ1v) is 12.3. The summed E-state index contributed by atoms with van der Waals surface area (Å²) in [5, 5.41) is 7.03. The molecule has 8 heteroatoms. The summed E-state index contributed by atoms with van der Waals surface area (Å²) >= 11 is 0. The van der Waals surface area contributed by atoms with Gasteiger partial charge in [0.1, 0.15) is 17.7 Å². The molecule has 1 amide bonds. The van der Waals surface area contributed by atoms with Crippen molar-refractivity contribution >= 4 is 23.3 Å². The highest BCUT2D eigenvalue weighted by Gasteiger charge is 2.68. The van der Waals surface area contributed by atoms with Crippen LogP contribution < -0.4 is 15.5 Å². The maximum atomic E-state index is 12.6. The number of ether oxygens (including phenoxy) is 2. The van der Waals surface area contributed by atoms with Gasteiger partial charge in [0, 0.05) is 36.7 Å². The van der Waals surface area contributed by atoms with Crippen LogP contribution in [-0.4, -0.2) is 54.5 Å². The molecule has 34 heavy (non-hydrogen) atoms. The minimum atomic E-state index is -0.511. The Morgan fingerprint density at radius 2 is 2.09 bits per heavy atom. The number of carbonyl (C=O) groups is 1. The summed E-state index contributed by atoms with van der Waals surface area (Å²) in [7, 11) is 1.84. The summed E-state index contributed by atoms with van der Waals surface area (Å²) in [4.78, 5) is 23.7. The van der Waals surface area contributed by atoms with Crippen LogP contribution in [0.25, 0.3) is 0 Å². The van der Waals surface area contributed by atoms with Crippen molar-refractivity contribution in [3.05, 3.63) is 41.3 Å². The zero-order valence-electron chi connectivity index (χ0n) is 20.4. The number of hydrogen-bond acceptors (Lipinski definition) is 7. The molecule has 0 spiro atoms. The highest BCUT2D eigenvalue weighted by atomic mass is 16.6. The lowest BCUT2D eigenvalue weighted by molar-refractivity contribution is -0.00985. The molecule has 2 fully saturated rings. The molecule has 8 nitrogen and oxygen atoms in total. The van der Waals surface area contributed by atoms with Crippen molar-refractivity contribution < 1.29 is 14.3 Å². The highest BCUT2D eigenvalue weighted by Crippen LogP contribution is 2.70. The van der Waals surface area contributed by atoms with Crippen LogP contribution in [0, 0.1) is 11.3 Å². The zero-order chi connectivity index (χ0) is 23.7. The Morgan fingerprint density at radius 1 is 1.26 bits per heavy atom. The van der Waals surface area contributed by atoms with Gasteiger partial charge >= 0.3 is 6.09 Å². The third kappa shape index (κ3) is 3.38. The fourth-order valence-electron chi connectivity index (χ4n) is 6.26. The molecule has 2 N–H and O–H groups in total. The van der Waals surface area contributed by atoms with Crippen LogP contribution in [0.2, 0.25) is 0 Å². The van der Waals surface area contributed by atoms with Crippen LogP contribution in [0.5, 0.6) is 0 Å². The molecule has 1 saturated heterocycles. The van der Waals surface area contributed by atoms with Crippen molar-refractivity contribution in [2.45, 2.75) is 57.7 Å². The predicted octanol–water partition coefficient (Wildman–Crippen LogP) is 3.78. The van der Waals surface area contributed by atoms with E-state index >= 15 is 0 Å². The van der Waals surface area contributed by atoms with Gasteiger partial charge in [-0.25, -0.2) is 14.8 Å². The van der Waals surface area contributed by atoms with E-state index in [-0.39, 0.29) is 17.6 Å². The minimum Gasteiger partial charge on any atom is -0.443 e. The fourth-order valence-corrected chi connectivity index (χ4v) is 6.26. The number of benzene rings is 1. The van der Waals surface area contributed by atoms with Gasteiger partial charge in [0.25, 0.3) is 0 Å². The molecule has 1 saturated carbocycles. The molecule has 4 aliphatic rings. The highest BCUT2D eigenvalue weighted by molar-refractivity contribution is 5.91. The van der Waals surface area contributed by atoms with E-state index in [1.165, 1.54) is 5.56 Å². The van der Waals surface area contributed by atoms with E-state index in [0.29, 0.717) is 18.4 Å². The van der Waals surface area contributed by atoms with Crippen molar-refractivity contribution in [3.63, 3.8) is 0 Å². The molecule has 3 heterocycles. The Labute approximate surface area is 200 Å². The van der Waals surface area contributed by atoms with Gasteiger partial charge in [-0.2, -0.15) is 0 Å². The molecule has 2 aliphatic carbocycles. The van der Waals surface area contributed by atoms with Crippen molar-refractivity contribution in [3.8, 4) is 0 Å². The van der Waals surface area contributed by atoms with Gasteiger partial charge in [0.15, 0.2) is 0 Å². The standard InChI is InChI=1S/C26H33N5O3/c1-25(2,3)34-24(32)31-8-7-15-9-17(5-6-20(15)31)30-23-22-18-11-26(18,16-12-27-13-16)21(33-4)10-19(22)28-14-29-23/h5-6,9,14,16,18,21,27H,7-8,10-13H2,1-4H3,(H,28,29,30). The average molecular weight is 464 g/mol. The zero-order valence-corrected chi connectivity index (χ0v) is 20.4. The molecule has 1 aromatic heterocycles. The number of nitrogens with one attached hydrogen (secondary N) is 2. The van der Waals surface area contributed by atoms with Crippen LogP contribution in [0.15, 0.2) is 24.5 Å². The maximum absolute atomic E-state index is 12.6. The number of rotatable bonds is 4. The second-order valence-corrected chi connectivity index (χ2v) is 11.1. The number of anilines is 3. The van der Waals surface area contributed by atoms with Crippen molar-refractivity contribution in [1.82, 2.24) is 15.3 Å². The van der Waals surface area contributed by atoms with Crippen molar-refractivity contribution in [1.29, 1.82) is 0 Å². The molecule has 3 unspecified atom stereocenters. The fraction of sp³-hybridized carbons (Fsp3) is 0.577. The number of nitrogens with zero attached hydrogens (tertiary/aromatic N) is 3. The third-order valence-electron chi connectivity index (χ3n) is 8.02. The van der Waals surface area contributed by atoms with Crippen LogP contribution in [0.4, 0.5) is 22.0 Å². The molecular weight excluding hydrogens is 430 g/mol. The van der Waals surface area contributed by atoms with E-state index < -0.39 is 5.60 Å². The molecule has 3 atom stereocenters. The van der Waals surface area contributed by atoms with E-state index in [0.717, 1.165) is 60.8 Å². The van der Waals surface area contributed by atoms with E-state index in [4.69, 9.17) is 9.47 Å². The topological polar surface area (TPSA) is 88.6 Å². The molecule has 6 rings (SSSR count). The smallest absolute Gasteiger partial charge is 0.414 e. The van der Waals surface area contributed by atoms with Crippen molar-refractivity contribution in [2.75, 3.05) is 37.0 Å². The summed E-state index contributed by atoms with van der Waals surface area (Å²) < 4.78 is 11.6. The average Bonchev–Trinajstić information content (AvgIpc) is 3.33. The van der Waals surface area contributed by atoms with E-state index in [1.54, 1.807) is 11.2 Å². The molecular formula is C26H33N5O3. The first-order valence-electron chi connectivity index (χ1n) is 12.3. The van der Waals surface area contributed by atoms with Gasteiger partial charge in [0.2, 0.25) is 0 Å². The molecule has 0 bridgehead atoms. The lowest BCUT2D eigenvalue weighted by Crippen LogP contribution is -2.53. The lowest BCUT2D eigenvalue weighted by atomic mass is 9.72. The Morgan fingerprint density at radius 3 is 2.79 bits per heavy atom. The van der Waals surface area contributed by atoms with Crippen LogP contribution >= 0.6 is 0 Å². The monoisotopic (exact) mass is 463 g/mol. The quantitative estimate of drug-likeness (QED) is 0.713. The van der Waals surface area contributed by atoms with E-state index in [9.17, 15) is 4.79 Å². The Balaban J connectivity index is 1.26. The molecule has 0 radical (unpaired) electrons. The van der Waals surface area contributed by atoms with Gasteiger partial charge in [-0.05, 0) is 82.3 Å². The largest absolute Gasteiger partial charge is 0.443 e. The van der Waals surface area contributed by atoms with E-state index in [1.807, 2.05) is 40.0 Å². The number of methoxy groups -OCH3 is 1. The molecule has 2 aromatic rings. The lowest BCUT2D eigenvalue weighted by Gasteiger charge is -2.42. The number of hydrogen-bond donors (Lipinski definition) is 2. The third-order valence-corrected chi connectivity index (χ3v) is 8.02. The SMILES string of the molecule is COC1Cc2ncnc(Nc3ccc4c(c3)CCN4C(=O)OC(C)(C)C)c2C2CC12C1CNC1. The van der Waals surface area contributed by atoms with Gasteiger partial charge in [-0.3, -0.25) is 4.90 Å².